The highest BCUT2D eigenvalue weighted by Gasteiger charge is 2.12. The Balaban J connectivity index is 2.23. The quantitative estimate of drug-likeness (QED) is 0.854. The van der Waals surface area contributed by atoms with Gasteiger partial charge in [0.15, 0.2) is 0 Å². The first-order valence-corrected chi connectivity index (χ1v) is 7.23. The van der Waals surface area contributed by atoms with Gasteiger partial charge in [-0.05, 0) is 41.8 Å². The fourth-order valence-corrected chi connectivity index (χ4v) is 2.18. The molecule has 2 rings (SSSR count). The number of hydrogen-bond donors (Lipinski definition) is 1. The van der Waals surface area contributed by atoms with E-state index in [4.69, 9.17) is 27.9 Å². The van der Waals surface area contributed by atoms with Crippen molar-refractivity contribution in [3.8, 4) is 5.75 Å². The van der Waals surface area contributed by atoms with E-state index < -0.39 is 6.10 Å². The van der Waals surface area contributed by atoms with Crippen molar-refractivity contribution in [2.24, 2.45) is 0 Å². The van der Waals surface area contributed by atoms with E-state index in [1.807, 2.05) is 24.3 Å². The normalized spacial score (nSPS) is 12.2. The maximum Gasteiger partial charge on any atom is 0.119 e. The maximum absolute atomic E-state index is 10.4. The van der Waals surface area contributed by atoms with Gasteiger partial charge in [0.05, 0.1) is 16.7 Å². The van der Waals surface area contributed by atoms with E-state index in [9.17, 15) is 5.11 Å². The molecular formula is C16H16Cl2O2. The summed E-state index contributed by atoms with van der Waals surface area (Å²) in [5.74, 6) is 0.753. The van der Waals surface area contributed by atoms with Crippen LogP contribution in [-0.2, 0) is 0 Å². The number of rotatable bonds is 5. The van der Waals surface area contributed by atoms with Crippen molar-refractivity contribution < 1.29 is 9.84 Å². The molecule has 0 saturated heterocycles. The number of halogens is 2. The molecule has 0 amide bonds. The van der Waals surface area contributed by atoms with E-state index in [1.54, 1.807) is 18.2 Å². The number of ether oxygens (including phenoxy) is 1. The second-order valence-electron chi connectivity index (χ2n) is 4.50. The van der Waals surface area contributed by atoms with Crippen LogP contribution in [0, 0.1) is 0 Å². The molecule has 0 heterocycles. The molecule has 0 spiro atoms. The van der Waals surface area contributed by atoms with Crippen LogP contribution in [-0.4, -0.2) is 11.7 Å². The van der Waals surface area contributed by atoms with Crippen molar-refractivity contribution in [3.63, 3.8) is 0 Å². The smallest absolute Gasteiger partial charge is 0.119 e. The third kappa shape index (κ3) is 3.66. The van der Waals surface area contributed by atoms with E-state index in [0.717, 1.165) is 17.7 Å². The van der Waals surface area contributed by atoms with Crippen LogP contribution in [0.25, 0.3) is 0 Å². The molecule has 0 aliphatic heterocycles. The van der Waals surface area contributed by atoms with Crippen LogP contribution in [0.3, 0.4) is 0 Å². The minimum Gasteiger partial charge on any atom is -0.494 e. The fourth-order valence-electron chi connectivity index (χ4n) is 1.87. The van der Waals surface area contributed by atoms with E-state index in [0.29, 0.717) is 22.2 Å². The zero-order valence-electron chi connectivity index (χ0n) is 11.1. The lowest BCUT2D eigenvalue weighted by atomic mass is 10.0. The Labute approximate surface area is 128 Å². The summed E-state index contributed by atoms with van der Waals surface area (Å²) in [5, 5.41) is 11.3. The molecule has 4 heteroatoms. The lowest BCUT2D eigenvalue weighted by Gasteiger charge is -2.14. The van der Waals surface area contributed by atoms with E-state index in [2.05, 4.69) is 6.92 Å². The molecule has 0 saturated carbocycles. The van der Waals surface area contributed by atoms with Crippen molar-refractivity contribution in [2.75, 3.05) is 6.61 Å². The van der Waals surface area contributed by atoms with Crippen LogP contribution < -0.4 is 4.74 Å². The molecule has 106 valence electrons. The van der Waals surface area contributed by atoms with Gasteiger partial charge in [-0.3, -0.25) is 0 Å². The molecule has 2 nitrogen and oxygen atoms in total. The van der Waals surface area contributed by atoms with Gasteiger partial charge in [-0.1, -0.05) is 48.3 Å². The second-order valence-corrected chi connectivity index (χ2v) is 5.31. The molecule has 0 aromatic heterocycles. The van der Waals surface area contributed by atoms with Gasteiger partial charge in [0, 0.05) is 0 Å². The van der Waals surface area contributed by atoms with Crippen molar-refractivity contribution in [1.29, 1.82) is 0 Å². The van der Waals surface area contributed by atoms with Crippen molar-refractivity contribution in [2.45, 2.75) is 19.4 Å². The summed E-state index contributed by atoms with van der Waals surface area (Å²) in [4.78, 5) is 0. The number of aliphatic hydroxyl groups is 1. The molecule has 20 heavy (non-hydrogen) atoms. The third-order valence-corrected chi connectivity index (χ3v) is 3.65. The molecule has 2 aromatic carbocycles. The van der Waals surface area contributed by atoms with Crippen molar-refractivity contribution >= 4 is 23.2 Å². The summed E-state index contributed by atoms with van der Waals surface area (Å²) < 4.78 is 5.57. The van der Waals surface area contributed by atoms with Crippen LogP contribution in [0.4, 0.5) is 0 Å². The van der Waals surface area contributed by atoms with Gasteiger partial charge in [-0.2, -0.15) is 0 Å². The Kier molecular flexibility index (Phi) is 5.30. The summed E-state index contributed by atoms with van der Waals surface area (Å²) in [6.45, 7) is 2.71. The highest BCUT2D eigenvalue weighted by atomic mass is 35.5. The summed E-state index contributed by atoms with van der Waals surface area (Å²) in [7, 11) is 0. The van der Waals surface area contributed by atoms with Gasteiger partial charge in [0.1, 0.15) is 11.9 Å². The van der Waals surface area contributed by atoms with Crippen LogP contribution >= 0.6 is 23.2 Å². The minimum absolute atomic E-state index is 0.432. The highest BCUT2D eigenvalue weighted by molar-refractivity contribution is 6.42. The third-order valence-electron chi connectivity index (χ3n) is 2.91. The molecule has 0 bridgehead atoms. The molecule has 0 aliphatic carbocycles. The van der Waals surface area contributed by atoms with Crippen LogP contribution in [0.15, 0.2) is 42.5 Å². The van der Waals surface area contributed by atoms with E-state index in [-0.39, 0.29) is 0 Å². The van der Waals surface area contributed by atoms with Gasteiger partial charge >= 0.3 is 0 Å². The molecular weight excluding hydrogens is 295 g/mol. The van der Waals surface area contributed by atoms with Gasteiger partial charge < -0.3 is 9.84 Å². The average Bonchev–Trinajstić information content (AvgIpc) is 2.47. The number of benzene rings is 2. The first kappa shape index (κ1) is 15.2. The first-order valence-electron chi connectivity index (χ1n) is 6.47. The first-order chi connectivity index (χ1) is 9.61. The second kappa shape index (κ2) is 6.98. The highest BCUT2D eigenvalue weighted by Crippen LogP contribution is 2.30. The topological polar surface area (TPSA) is 29.5 Å². The number of aliphatic hydroxyl groups excluding tert-OH is 1. The zero-order chi connectivity index (χ0) is 14.5. The molecule has 1 N–H and O–H groups in total. The minimum atomic E-state index is -0.755. The Morgan fingerprint density at radius 2 is 1.80 bits per heavy atom. The van der Waals surface area contributed by atoms with Crippen LogP contribution in [0.5, 0.6) is 5.75 Å². The predicted molar refractivity (Wildman–Crippen MR) is 82.8 cm³/mol. The van der Waals surface area contributed by atoms with Gasteiger partial charge in [0.25, 0.3) is 0 Å². The zero-order valence-corrected chi connectivity index (χ0v) is 12.7. The monoisotopic (exact) mass is 310 g/mol. The molecule has 2 aromatic rings. The number of hydrogen-bond acceptors (Lipinski definition) is 2. The van der Waals surface area contributed by atoms with Crippen LogP contribution in [0.1, 0.15) is 30.6 Å². The predicted octanol–water partition coefficient (Wildman–Crippen LogP) is 4.86. The Hall–Kier alpha value is -1.22. The summed E-state index contributed by atoms with van der Waals surface area (Å²) >= 11 is 11.9. The van der Waals surface area contributed by atoms with Gasteiger partial charge in [0.2, 0.25) is 0 Å². The van der Waals surface area contributed by atoms with Gasteiger partial charge in [-0.15, -0.1) is 0 Å². The van der Waals surface area contributed by atoms with E-state index >= 15 is 0 Å². The standard InChI is InChI=1S/C16H16Cl2O2/c1-2-8-20-13-5-3-4-11(9-13)16(19)12-6-7-14(17)15(18)10-12/h3-7,9-10,16,19H,2,8H2,1H3. The van der Waals surface area contributed by atoms with Gasteiger partial charge in [-0.25, -0.2) is 0 Å². The van der Waals surface area contributed by atoms with Crippen LogP contribution in [0.2, 0.25) is 10.0 Å². The van der Waals surface area contributed by atoms with Crippen molar-refractivity contribution in [3.05, 3.63) is 63.6 Å². The molecule has 1 unspecified atom stereocenters. The average molecular weight is 311 g/mol. The lowest BCUT2D eigenvalue weighted by molar-refractivity contribution is 0.219. The lowest BCUT2D eigenvalue weighted by Crippen LogP contribution is -2.01. The SMILES string of the molecule is CCCOc1cccc(C(O)c2ccc(Cl)c(Cl)c2)c1. The van der Waals surface area contributed by atoms with E-state index in [1.165, 1.54) is 0 Å². The Morgan fingerprint density at radius 1 is 1.05 bits per heavy atom. The molecule has 0 aliphatic rings. The molecule has 0 fully saturated rings. The fraction of sp³-hybridized carbons (Fsp3) is 0.250. The summed E-state index contributed by atoms with van der Waals surface area (Å²) in [6.07, 6.45) is 0.189. The molecule has 1 atom stereocenters. The Bertz CT molecular complexity index is 584. The molecule has 0 radical (unpaired) electrons. The summed E-state index contributed by atoms with van der Waals surface area (Å²) in [6, 6.07) is 12.5. The van der Waals surface area contributed by atoms with Crippen molar-refractivity contribution in [1.82, 2.24) is 0 Å². The maximum atomic E-state index is 10.4. The Morgan fingerprint density at radius 3 is 2.50 bits per heavy atom. The summed E-state index contributed by atoms with van der Waals surface area (Å²) in [5.41, 5.74) is 1.46. The largest absolute Gasteiger partial charge is 0.494 e.